The minimum absolute atomic E-state index is 0.0160. The molecule has 3 aromatic rings. The molecule has 2 heterocycles. The van der Waals surface area contributed by atoms with E-state index in [1.807, 2.05) is 0 Å². The van der Waals surface area contributed by atoms with Gasteiger partial charge in [0.2, 0.25) is 5.78 Å². The molecule has 1 unspecified atom stereocenters. The number of rotatable bonds is 6. The van der Waals surface area contributed by atoms with E-state index in [9.17, 15) is 23.9 Å². The van der Waals surface area contributed by atoms with E-state index < -0.39 is 29.4 Å². The first kappa shape index (κ1) is 23.1. The molecular weight excluding hydrogens is 433 g/mol. The number of aromatic nitrogens is 1. The number of nitrogens with one attached hydrogen (secondary N) is 1. The lowest BCUT2D eigenvalue weighted by atomic mass is 9.97. The summed E-state index contributed by atoms with van der Waals surface area (Å²) in [6.45, 7) is 4.95. The summed E-state index contributed by atoms with van der Waals surface area (Å²) in [5, 5.41) is 14.3. The number of halogens is 1. The largest absolute Gasteiger partial charge is 0.465 e. The maximum atomic E-state index is 13.5. The van der Waals surface area contributed by atoms with Crippen LogP contribution in [0.5, 0.6) is 0 Å². The van der Waals surface area contributed by atoms with Crippen molar-refractivity contribution in [2.45, 2.75) is 32.4 Å². The van der Waals surface area contributed by atoms with Crippen molar-refractivity contribution in [2.24, 2.45) is 0 Å². The number of hydrogen-bond donors (Lipinski definition) is 2. The van der Waals surface area contributed by atoms with E-state index in [1.165, 1.54) is 35.7 Å². The molecule has 32 heavy (non-hydrogen) atoms. The number of nitrogens with zero attached hydrogens (tertiary/aromatic N) is 2. The van der Waals surface area contributed by atoms with E-state index in [0.29, 0.717) is 4.88 Å². The lowest BCUT2D eigenvalue weighted by Gasteiger charge is -2.39. The quantitative estimate of drug-likeness (QED) is 0.511. The zero-order valence-electron chi connectivity index (χ0n) is 17.7. The van der Waals surface area contributed by atoms with Crippen LogP contribution in [0.4, 0.5) is 15.0 Å². The number of thiophene rings is 1. The van der Waals surface area contributed by atoms with Gasteiger partial charge in [-0.2, -0.15) is 0 Å². The van der Waals surface area contributed by atoms with Gasteiger partial charge in [-0.1, -0.05) is 18.2 Å². The van der Waals surface area contributed by atoms with Gasteiger partial charge in [0.15, 0.2) is 0 Å². The summed E-state index contributed by atoms with van der Waals surface area (Å²) in [4.78, 5) is 44.0. The van der Waals surface area contributed by atoms with Gasteiger partial charge in [-0.25, -0.2) is 14.2 Å². The fourth-order valence-electron chi connectivity index (χ4n) is 3.26. The second-order valence-electron chi connectivity index (χ2n) is 7.97. The molecule has 2 aromatic heterocycles. The summed E-state index contributed by atoms with van der Waals surface area (Å²) in [5.74, 6) is -1.53. The molecule has 0 saturated carbocycles. The van der Waals surface area contributed by atoms with Crippen LogP contribution in [0.1, 0.15) is 47.6 Å². The standard InChI is InChI=1S/C23H22FN3O4S/c1-23(2,3)27(22(30)31)18(14-8-10-15(24)11-9-14)21(29)26-20-16(6-4-12-25-20)19(28)17-7-5-13-32-17/h4-13,18H,1-3H3,(H,30,31)(H,25,26,29). The van der Waals surface area contributed by atoms with Crippen molar-refractivity contribution in [2.75, 3.05) is 5.32 Å². The predicted molar refractivity (Wildman–Crippen MR) is 119 cm³/mol. The Morgan fingerprint density at radius 2 is 1.78 bits per heavy atom. The Hall–Kier alpha value is -3.59. The third-order valence-corrected chi connectivity index (χ3v) is 5.53. The molecule has 0 radical (unpaired) electrons. The molecule has 1 atom stereocenters. The minimum atomic E-state index is -1.32. The number of amides is 2. The number of ketones is 1. The van der Waals surface area contributed by atoms with Gasteiger partial charge in [0.1, 0.15) is 17.7 Å². The Morgan fingerprint density at radius 1 is 1.09 bits per heavy atom. The van der Waals surface area contributed by atoms with Gasteiger partial charge in [0.25, 0.3) is 5.91 Å². The van der Waals surface area contributed by atoms with Gasteiger partial charge in [0.05, 0.1) is 10.4 Å². The molecule has 0 aliphatic rings. The Labute approximate surface area is 188 Å². The molecule has 166 valence electrons. The topological polar surface area (TPSA) is 99.6 Å². The van der Waals surface area contributed by atoms with E-state index in [-0.39, 0.29) is 22.7 Å². The number of benzene rings is 1. The Bertz CT molecular complexity index is 1120. The van der Waals surface area contributed by atoms with Gasteiger partial charge in [-0.15, -0.1) is 11.3 Å². The molecule has 0 bridgehead atoms. The maximum absolute atomic E-state index is 13.5. The van der Waals surface area contributed by atoms with Crippen LogP contribution in [0, 0.1) is 5.82 Å². The molecule has 0 fully saturated rings. The second-order valence-corrected chi connectivity index (χ2v) is 8.92. The Morgan fingerprint density at radius 3 is 2.34 bits per heavy atom. The van der Waals surface area contributed by atoms with Gasteiger partial charge in [0, 0.05) is 11.7 Å². The van der Waals surface area contributed by atoms with E-state index >= 15 is 0 Å². The lowest BCUT2D eigenvalue weighted by molar-refractivity contribution is -0.122. The number of carbonyl (C=O) groups is 3. The van der Waals surface area contributed by atoms with Crippen molar-refractivity contribution in [3.8, 4) is 0 Å². The van der Waals surface area contributed by atoms with E-state index in [1.54, 1.807) is 44.4 Å². The van der Waals surface area contributed by atoms with Crippen molar-refractivity contribution in [3.63, 3.8) is 0 Å². The second kappa shape index (κ2) is 9.27. The first-order valence-corrected chi connectivity index (χ1v) is 10.6. The molecule has 0 saturated heterocycles. The Kier molecular flexibility index (Phi) is 6.69. The van der Waals surface area contributed by atoms with Crippen molar-refractivity contribution < 1.29 is 23.9 Å². The average Bonchev–Trinajstić information content (AvgIpc) is 3.26. The van der Waals surface area contributed by atoms with Crippen LogP contribution < -0.4 is 5.32 Å². The highest BCUT2D eigenvalue weighted by molar-refractivity contribution is 7.12. The zero-order chi connectivity index (χ0) is 23.5. The van der Waals surface area contributed by atoms with E-state index in [0.717, 1.165) is 17.0 Å². The van der Waals surface area contributed by atoms with Crippen LogP contribution in [0.15, 0.2) is 60.1 Å². The highest BCUT2D eigenvalue weighted by atomic mass is 32.1. The number of carbonyl (C=O) groups excluding carboxylic acids is 2. The third-order valence-electron chi connectivity index (χ3n) is 4.66. The predicted octanol–water partition coefficient (Wildman–Crippen LogP) is 4.97. The first-order valence-electron chi connectivity index (χ1n) is 9.71. The number of pyridine rings is 1. The minimum Gasteiger partial charge on any atom is -0.465 e. The molecule has 1 aromatic carbocycles. The summed E-state index contributed by atoms with van der Waals surface area (Å²) >= 11 is 1.26. The molecule has 3 rings (SSSR count). The molecule has 2 amide bonds. The molecule has 0 spiro atoms. The number of anilines is 1. The third kappa shape index (κ3) is 5.00. The zero-order valence-corrected chi connectivity index (χ0v) is 18.5. The summed E-state index contributed by atoms with van der Waals surface area (Å²) in [6, 6.07) is 10.2. The summed E-state index contributed by atoms with van der Waals surface area (Å²) in [6.07, 6.45) is 0.102. The van der Waals surface area contributed by atoms with Gasteiger partial charge in [-0.05, 0) is 62.0 Å². The van der Waals surface area contributed by atoms with Gasteiger partial charge in [-0.3, -0.25) is 14.5 Å². The van der Waals surface area contributed by atoms with Crippen LogP contribution in [-0.4, -0.2) is 38.3 Å². The number of carboxylic acid groups (broad SMARTS) is 1. The van der Waals surface area contributed by atoms with Crippen molar-refractivity contribution in [1.82, 2.24) is 9.88 Å². The van der Waals surface area contributed by atoms with Crippen LogP contribution >= 0.6 is 11.3 Å². The highest BCUT2D eigenvalue weighted by Crippen LogP contribution is 2.31. The van der Waals surface area contributed by atoms with Crippen molar-refractivity contribution in [1.29, 1.82) is 0 Å². The SMILES string of the molecule is CC(C)(C)N(C(=O)O)C(C(=O)Nc1ncccc1C(=O)c1cccs1)c1ccc(F)cc1. The Balaban J connectivity index is 2.02. The molecular formula is C23H22FN3O4S. The fraction of sp³-hybridized carbons (Fsp3) is 0.217. The molecule has 2 N–H and O–H groups in total. The normalized spacial score (nSPS) is 12.1. The van der Waals surface area contributed by atoms with Crippen molar-refractivity contribution in [3.05, 3.63) is 81.9 Å². The smallest absolute Gasteiger partial charge is 0.408 e. The summed E-state index contributed by atoms with van der Waals surface area (Å²) in [5.41, 5.74) is -0.496. The van der Waals surface area contributed by atoms with Crippen LogP contribution in [0.2, 0.25) is 0 Å². The molecule has 0 aliphatic carbocycles. The lowest BCUT2D eigenvalue weighted by Crippen LogP contribution is -2.50. The van der Waals surface area contributed by atoms with Gasteiger partial charge >= 0.3 is 6.09 Å². The van der Waals surface area contributed by atoms with Crippen LogP contribution in [0.3, 0.4) is 0 Å². The van der Waals surface area contributed by atoms with Crippen LogP contribution in [0.25, 0.3) is 0 Å². The highest BCUT2D eigenvalue weighted by Gasteiger charge is 2.39. The molecule has 0 aliphatic heterocycles. The maximum Gasteiger partial charge on any atom is 0.408 e. The summed E-state index contributed by atoms with van der Waals surface area (Å²) in [7, 11) is 0. The molecule has 7 nitrogen and oxygen atoms in total. The number of hydrogen-bond acceptors (Lipinski definition) is 5. The molecule has 9 heteroatoms. The van der Waals surface area contributed by atoms with Crippen LogP contribution in [-0.2, 0) is 4.79 Å². The average molecular weight is 456 g/mol. The monoisotopic (exact) mass is 455 g/mol. The van der Waals surface area contributed by atoms with Gasteiger partial charge < -0.3 is 10.4 Å². The van der Waals surface area contributed by atoms with E-state index in [2.05, 4.69) is 10.3 Å². The summed E-state index contributed by atoms with van der Waals surface area (Å²) < 4.78 is 13.5. The first-order chi connectivity index (χ1) is 15.1. The fourth-order valence-corrected chi connectivity index (χ4v) is 3.94. The van der Waals surface area contributed by atoms with E-state index in [4.69, 9.17) is 0 Å². The van der Waals surface area contributed by atoms with Crippen molar-refractivity contribution >= 4 is 34.9 Å².